The molecular weight excluding hydrogens is 176 g/mol. The third-order valence-corrected chi connectivity index (χ3v) is 2.14. The molecule has 0 atom stereocenters. The Morgan fingerprint density at radius 1 is 1.14 bits per heavy atom. The van der Waals surface area contributed by atoms with Crippen LogP contribution in [0.5, 0.6) is 0 Å². The monoisotopic (exact) mass is 202 g/mol. The van der Waals surface area contributed by atoms with Gasteiger partial charge in [-0.2, -0.15) is 0 Å². The Morgan fingerprint density at radius 3 is 2.36 bits per heavy atom. The van der Waals surface area contributed by atoms with Crippen molar-refractivity contribution >= 4 is 0 Å². The van der Waals surface area contributed by atoms with Crippen LogP contribution in [0.4, 0.5) is 0 Å². The highest BCUT2D eigenvalue weighted by molar-refractivity contribution is 4.62. The van der Waals surface area contributed by atoms with E-state index in [0.29, 0.717) is 0 Å². The van der Waals surface area contributed by atoms with Crippen molar-refractivity contribution in [2.45, 2.75) is 27.2 Å². The van der Waals surface area contributed by atoms with Crippen LogP contribution < -0.4 is 5.32 Å². The minimum Gasteiger partial charge on any atom is -0.379 e. The van der Waals surface area contributed by atoms with E-state index >= 15 is 0 Å². The van der Waals surface area contributed by atoms with Gasteiger partial charge in [-0.1, -0.05) is 20.8 Å². The summed E-state index contributed by atoms with van der Waals surface area (Å²) in [5.74, 6) is 0. The Kier molecular flexibility index (Phi) is 10.9. The summed E-state index contributed by atoms with van der Waals surface area (Å²) in [7, 11) is 0. The first-order valence-electron chi connectivity index (χ1n) is 5.94. The van der Waals surface area contributed by atoms with Gasteiger partial charge in [0, 0.05) is 26.2 Å². The fourth-order valence-electron chi connectivity index (χ4n) is 1.36. The first kappa shape index (κ1) is 13.9. The molecule has 86 valence electrons. The van der Waals surface area contributed by atoms with Gasteiger partial charge in [0.15, 0.2) is 0 Å². The Bertz CT molecular complexity index is 103. The van der Waals surface area contributed by atoms with Gasteiger partial charge in [-0.05, 0) is 13.0 Å². The van der Waals surface area contributed by atoms with Crippen LogP contribution in [0.1, 0.15) is 27.2 Å². The van der Waals surface area contributed by atoms with Gasteiger partial charge in [-0.15, -0.1) is 0 Å². The van der Waals surface area contributed by atoms with Crippen LogP contribution in [-0.4, -0.2) is 50.8 Å². The molecule has 0 bridgehead atoms. The van der Waals surface area contributed by atoms with E-state index in [1.807, 2.05) is 13.8 Å². The number of ether oxygens (including phenoxy) is 1. The molecule has 0 aromatic carbocycles. The van der Waals surface area contributed by atoms with E-state index in [1.54, 1.807) is 0 Å². The molecule has 1 rings (SSSR count). The van der Waals surface area contributed by atoms with Gasteiger partial charge < -0.3 is 10.1 Å². The molecule has 3 nitrogen and oxygen atoms in total. The quantitative estimate of drug-likeness (QED) is 0.681. The van der Waals surface area contributed by atoms with Crippen molar-refractivity contribution in [1.82, 2.24) is 10.2 Å². The maximum absolute atomic E-state index is 5.27. The van der Waals surface area contributed by atoms with Gasteiger partial charge >= 0.3 is 0 Å². The lowest BCUT2D eigenvalue weighted by molar-refractivity contribution is 0.0384. The first-order chi connectivity index (χ1) is 6.93. The second-order valence-electron chi connectivity index (χ2n) is 3.20. The zero-order valence-corrected chi connectivity index (χ0v) is 10.0. The number of morpholine rings is 1. The summed E-state index contributed by atoms with van der Waals surface area (Å²) in [5, 5.41) is 3.40. The molecule has 3 heteroatoms. The average Bonchev–Trinajstić information content (AvgIpc) is 2.29. The lowest BCUT2D eigenvalue weighted by Gasteiger charge is -2.26. The molecule has 0 aromatic rings. The van der Waals surface area contributed by atoms with Gasteiger partial charge in [-0.25, -0.2) is 0 Å². The minimum atomic E-state index is 0.910. The van der Waals surface area contributed by atoms with Crippen molar-refractivity contribution in [1.29, 1.82) is 0 Å². The maximum atomic E-state index is 5.27. The summed E-state index contributed by atoms with van der Waals surface area (Å²) in [5.41, 5.74) is 0. The van der Waals surface area contributed by atoms with Crippen LogP contribution in [0.3, 0.4) is 0 Å². The highest BCUT2D eigenvalue weighted by Crippen LogP contribution is 1.94. The number of hydrogen-bond acceptors (Lipinski definition) is 3. The second-order valence-corrected chi connectivity index (χ2v) is 3.20. The standard InChI is InChI=1S/C9H20N2O.C2H6/c1-2-3-10-4-5-11-6-8-12-9-7-11;1-2/h10H,2-9H2,1H3;1-2H3. The van der Waals surface area contributed by atoms with Gasteiger partial charge in [0.05, 0.1) is 13.2 Å². The zero-order chi connectivity index (χ0) is 10.6. The number of rotatable bonds is 5. The van der Waals surface area contributed by atoms with Crippen molar-refractivity contribution in [3.8, 4) is 0 Å². The Morgan fingerprint density at radius 2 is 1.79 bits per heavy atom. The number of hydrogen-bond donors (Lipinski definition) is 1. The molecule has 0 aromatic heterocycles. The van der Waals surface area contributed by atoms with E-state index in [4.69, 9.17) is 4.74 Å². The summed E-state index contributed by atoms with van der Waals surface area (Å²) in [6, 6.07) is 0. The van der Waals surface area contributed by atoms with E-state index in [9.17, 15) is 0 Å². The van der Waals surface area contributed by atoms with Crippen LogP contribution >= 0.6 is 0 Å². The molecule has 0 aliphatic carbocycles. The summed E-state index contributed by atoms with van der Waals surface area (Å²) < 4.78 is 5.27. The number of nitrogens with zero attached hydrogens (tertiary/aromatic N) is 1. The summed E-state index contributed by atoms with van der Waals surface area (Å²) in [6.07, 6.45) is 1.23. The van der Waals surface area contributed by atoms with E-state index in [0.717, 1.165) is 39.4 Å². The fourth-order valence-corrected chi connectivity index (χ4v) is 1.36. The third kappa shape index (κ3) is 7.30. The van der Waals surface area contributed by atoms with Crippen LogP contribution in [0.2, 0.25) is 0 Å². The third-order valence-electron chi connectivity index (χ3n) is 2.14. The van der Waals surface area contributed by atoms with Crippen molar-refractivity contribution in [3.05, 3.63) is 0 Å². The maximum Gasteiger partial charge on any atom is 0.0594 e. The Balaban J connectivity index is 0.000000791. The minimum absolute atomic E-state index is 0.910. The molecule has 0 amide bonds. The molecular formula is C11H26N2O. The van der Waals surface area contributed by atoms with Crippen molar-refractivity contribution < 1.29 is 4.74 Å². The molecule has 0 spiro atoms. The highest BCUT2D eigenvalue weighted by atomic mass is 16.5. The van der Waals surface area contributed by atoms with Crippen LogP contribution in [0.15, 0.2) is 0 Å². The molecule has 1 fully saturated rings. The molecule has 1 aliphatic rings. The average molecular weight is 202 g/mol. The van der Waals surface area contributed by atoms with E-state index in [1.165, 1.54) is 13.0 Å². The molecule has 1 N–H and O–H groups in total. The molecule has 1 saturated heterocycles. The SMILES string of the molecule is CC.CCCNCCN1CCOCC1. The molecule has 14 heavy (non-hydrogen) atoms. The van der Waals surface area contributed by atoms with Gasteiger partial charge in [0.25, 0.3) is 0 Å². The normalized spacial score (nSPS) is 17.4. The highest BCUT2D eigenvalue weighted by Gasteiger charge is 2.08. The molecule has 1 heterocycles. The summed E-state index contributed by atoms with van der Waals surface area (Å²) in [4.78, 5) is 2.45. The van der Waals surface area contributed by atoms with Gasteiger partial charge in [0.1, 0.15) is 0 Å². The molecule has 0 unspecified atom stereocenters. The van der Waals surface area contributed by atoms with E-state index < -0.39 is 0 Å². The smallest absolute Gasteiger partial charge is 0.0594 e. The van der Waals surface area contributed by atoms with Crippen molar-refractivity contribution in [3.63, 3.8) is 0 Å². The topological polar surface area (TPSA) is 24.5 Å². The van der Waals surface area contributed by atoms with Crippen molar-refractivity contribution in [2.75, 3.05) is 45.9 Å². The first-order valence-corrected chi connectivity index (χ1v) is 5.94. The van der Waals surface area contributed by atoms with Crippen LogP contribution in [-0.2, 0) is 4.74 Å². The predicted molar refractivity (Wildman–Crippen MR) is 61.8 cm³/mol. The summed E-state index contributed by atoms with van der Waals surface area (Å²) >= 11 is 0. The fraction of sp³-hybridized carbons (Fsp3) is 1.00. The van der Waals surface area contributed by atoms with Crippen molar-refractivity contribution in [2.24, 2.45) is 0 Å². The van der Waals surface area contributed by atoms with Crippen LogP contribution in [0, 0.1) is 0 Å². The van der Waals surface area contributed by atoms with Crippen LogP contribution in [0.25, 0.3) is 0 Å². The lowest BCUT2D eigenvalue weighted by Crippen LogP contribution is -2.40. The van der Waals surface area contributed by atoms with Gasteiger partial charge in [0.2, 0.25) is 0 Å². The summed E-state index contributed by atoms with van der Waals surface area (Å²) in [6.45, 7) is 13.7. The second kappa shape index (κ2) is 11.0. The lowest BCUT2D eigenvalue weighted by atomic mass is 10.4. The molecule has 0 saturated carbocycles. The Labute approximate surface area is 88.8 Å². The molecule has 0 radical (unpaired) electrons. The van der Waals surface area contributed by atoms with E-state index in [-0.39, 0.29) is 0 Å². The largest absolute Gasteiger partial charge is 0.379 e. The number of nitrogens with one attached hydrogen (secondary N) is 1. The zero-order valence-electron chi connectivity index (χ0n) is 10.0. The van der Waals surface area contributed by atoms with E-state index in [2.05, 4.69) is 17.1 Å². The van der Waals surface area contributed by atoms with Gasteiger partial charge in [-0.3, -0.25) is 4.90 Å². The Hall–Kier alpha value is -0.120. The molecule has 1 aliphatic heterocycles. The predicted octanol–water partition coefficient (Wildman–Crippen LogP) is 1.34.